The number of carbonyl (C=O) groups is 1. The molecule has 184 valence electrons. The molecule has 0 radical (unpaired) electrons. The Morgan fingerprint density at radius 3 is 2.45 bits per heavy atom. The molecule has 1 saturated heterocycles. The van der Waals surface area contributed by atoms with E-state index in [4.69, 9.17) is 13.9 Å². The van der Waals surface area contributed by atoms with Gasteiger partial charge in [-0.1, -0.05) is 39.0 Å². The number of para-hydroxylation sites is 1. The lowest BCUT2D eigenvalue weighted by molar-refractivity contribution is -0.385. The Labute approximate surface area is 198 Å². The second-order valence-corrected chi connectivity index (χ2v) is 15.7. The molecule has 2 rings (SSSR count). The summed E-state index contributed by atoms with van der Waals surface area (Å²) < 4.78 is 18.0. The molecule has 1 amide bonds. The molecule has 0 aromatic heterocycles. The normalized spacial score (nSPS) is 20.2. The number of nitrogens with zero attached hydrogens (tertiary/aromatic N) is 2. The standard InChI is InChI=1S/C24H38N2O6Si/c1-23(2,3)32-22(27)25-15-20(14-13-18-11-9-10-12-21(18)26(28)29)30-16-19(25)17-31-33(7,8)24(4,5)6/h9-14,19-20H,15-17H2,1-8H3/t19-,20+/m0/s1. The number of hydrogen-bond donors (Lipinski definition) is 0. The Hall–Kier alpha value is -2.23. The first kappa shape index (κ1) is 27.0. The molecule has 9 heteroatoms. The highest BCUT2D eigenvalue weighted by molar-refractivity contribution is 6.74. The lowest BCUT2D eigenvalue weighted by Gasteiger charge is -2.42. The van der Waals surface area contributed by atoms with Gasteiger partial charge in [-0.3, -0.25) is 15.0 Å². The van der Waals surface area contributed by atoms with Gasteiger partial charge in [-0.05, 0) is 51.0 Å². The molecule has 2 atom stereocenters. The van der Waals surface area contributed by atoms with Gasteiger partial charge in [0.25, 0.3) is 5.69 Å². The van der Waals surface area contributed by atoms with Crippen LogP contribution in [-0.4, -0.2) is 61.7 Å². The van der Waals surface area contributed by atoms with Crippen molar-refractivity contribution in [1.29, 1.82) is 0 Å². The fourth-order valence-electron chi connectivity index (χ4n) is 3.05. The Bertz CT molecular complexity index is 872. The third-order valence-corrected chi connectivity index (χ3v) is 10.5. The summed E-state index contributed by atoms with van der Waals surface area (Å²) in [7, 11) is -2.01. The second kappa shape index (κ2) is 10.4. The third kappa shape index (κ3) is 7.65. The highest BCUT2D eigenvalue weighted by Crippen LogP contribution is 2.37. The average molecular weight is 479 g/mol. The summed E-state index contributed by atoms with van der Waals surface area (Å²) in [6, 6.07) is 6.24. The summed E-state index contributed by atoms with van der Waals surface area (Å²) in [6.07, 6.45) is 2.59. The zero-order chi connectivity index (χ0) is 25.0. The van der Waals surface area contributed by atoms with Crippen molar-refractivity contribution < 1.29 is 23.6 Å². The first-order valence-electron chi connectivity index (χ1n) is 11.3. The van der Waals surface area contributed by atoms with Crippen molar-refractivity contribution in [3.8, 4) is 0 Å². The van der Waals surface area contributed by atoms with Crippen molar-refractivity contribution >= 4 is 26.2 Å². The van der Waals surface area contributed by atoms with E-state index in [0.717, 1.165) is 0 Å². The van der Waals surface area contributed by atoms with E-state index in [1.165, 1.54) is 6.07 Å². The molecule has 0 spiro atoms. The van der Waals surface area contributed by atoms with Crippen molar-refractivity contribution in [1.82, 2.24) is 4.90 Å². The van der Waals surface area contributed by atoms with E-state index < -0.39 is 31.0 Å². The molecular weight excluding hydrogens is 440 g/mol. The van der Waals surface area contributed by atoms with E-state index in [0.29, 0.717) is 18.8 Å². The number of benzene rings is 1. The van der Waals surface area contributed by atoms with Gasteiger partial charge in [0.05, 0.1) is 42.4 Å². The Morgan fingerprint density at radius 2 is 1.88 bits per heavy atom. The van der Waals surface area contributed by atoms with Crippen LogP contribution in [0.2, 0.25) is 18.1 Å². The molecule has 1 heterocycles. The molecule has 33 heavy (non-hydrogen) atoms. The maximum absolute atomic E-state index is 13.0. The van der Waals surface area contributed by atoms with Crippen LogP contribution in [0, 0.1) is 10.1 Å². The molecule has 0 saturated carbocycles. The largest absolute Gasteiger partial charge is 0.444 e. The van der Waals surface area contributed by atoms with Gasteiger partial charge in [0.2, 0.25) is 0 Å². The fourth-order valence-corrected chi connectivity index (χ4v) is 4.09. The van der Waals surface area contributed by atoms with Gasteiger partial charge in [0.15, 0.2) is 8.32 Å². The predicted octanol–water partition coefficient (Wildman–Crippen LogP) is 5.63. The van der Waals surface area contributed by atoms with Crippen LogP contribution in [0.15, 0.2) is 30.3 Å². The first-order valence-corrected chi connectivity index (χ1v) is 14.2. The SMILES string of the molecule is CC(C)(C)OC(=O)N1C[C@@H](C=Cc2ccccc2[N+](=O)[O-])OC[C@H]1CO[Si](C)(C)C(C)(C)C. The van der Waals surface area contributed by atoms with Gasteiger partial charge in [0, 0.05) is 6.07 Å². The summed E-state index contributed by atoms with van der Waals surface area (Å²) in [6.45, 7) is 17.3. The number of hydrogen-bond acceptors (Lipinski definition) is 6. The van der Waals surface area contributed by atoms with Gasteiger partial charge in [0.1, 0.15) is 5.60 Å². The first-order chi connectivity index (χ1) is 15.1. The van der Waals surface area contributed by atoms with E-state index in [-0.39, 0.29) is 23.3 Å². The lowest BCUT2D eigenvalue weighted by atomic mass is 10.1. The predicted molar refractivity (Wildman–Crippen MR) is 132 cm³/mol. The number of rotatable bonds is 6. The van der Waals surface area contributed by atoms with E-state index in [1.54, 1.807) is 35.3 Å². The van der Waals surface area contributed by atoms with Crippen LogP contribution < -0.4 is 0 Å². The Morgan fingerprint density at radius 1 is 1.24 bits per heavy atom. The number of nitro groups is 1. The van der Waals surface area contributed by atoms with Crippen LogP contribution in [0.25, 0.3) is 6.08 Å². The molecule has 0 unspecified atom stereocenters. The molecule has 0 aliphatic carbocycles. The van der Waals surface area contributed by atoms with Gasteiger partial charge < -0.3 is 13.9 Å². The molecule has 0 bridgehead atoms. The van der Waals surface area contributed by atoms with Crippen LogP contribution >= 0.6 is 0 Å². The topological polar surface area (TPSA) is 91.1 Å². The zero-order valence-electron chi connectivity index (χ0n) is 21.1. The maximum atomic E-state index is 13.0. The van der Waals surface area contributed by atoms with Crippen molar-refractivity contribution in [2.75, 3.05) is 19.8 Å². The minimum absolute atomic E-state index is 0.0224. The van der Waals surface area contributed by atoms with Gasteiger partial charge in [-0.25, -0.2) is 4.79 Å². The Kier molecular flexibility index (Phi) is 8.48. The maximum Gasteiger partial charge on any atom is 0.410 e. The number of carbonyl (C=O) groups excluding carboxylic acids is 1. The van der Waals surface area contributed by atoms with Crippen LogP contribution in [0.3, 0.4) is 0 Å². The highest BCUT2D eigenvalue weighted by atomic mass is 28.4. The smallest absolute Gasteiger partial charge is 0.410 e. The molecular formula is C24H38N2O6Si. The highest BCUT2D eigenvalue weighted by Gasteiger charge is 2.40. The van der Waals surface area contributed by atoms with Gasteiger partial charge in [-0.2, -0.15) is 0 Å². The quantitative estimate of drug-likeness (QED) is 0.299. The Balaban J connectivity index is 2.18. The summed E-state index contributed by atoms with van der Waals surface area (Å²) in [5, 5.41) is 11.3. The molecule has 1 aliphatic heterocycles. The molecule has 1 fully saturated rings. The summed E-state index contributed by atoms with van der Waals surface area (Å²) in [4.78, 5) is 25.5. The number of nitro benzene ring substituents is 1. The minimum Gasteiger partial charge on any atom is -0.444 e. The minimum atomic E-state index is -2.01. The molecule has 1 aromatic rings. The van der Waals surface area contributed by atoms with E-state index in [1.807, 2.05) is 20.8 Å². The van der Waals surface area contributed by atoms with Crippen molar-refractivity contribution in [2.24, 2.45) is 0 Å². The van der Waals surface area contributed by atoms with Crippen molar-refractivity contribution in [3.05, 3.63) is 46.0 Å². The molecule has 1 aliphatic rings. The lowest BCUT2D eigenvalue weighted by Crippen LogP contribution is -2.56. The number of ether oxygens (including phenoxy) is 2. The summed E-state index contributed by atoms with van der Waals surface area (Å²) >= 11 is 0. The zero-order valence-corrected chi connectivity index (χ0v) is 22.1. The number of morpholine rings is 1. The van der Waals surface area contributed by atoms with Crippen LogP contribution in [0.5, 0.6) is 0 Å². The average Bonchev–Trinajstić information content (AvgIpc) is 2.69. The second-order valence-electron chi connectivity index (χ2n) is 10.9. The summed E-state index contributed by atoms with van der Waals surface area (Å²) in [5.41, 5.74) is -0.122. The monoisotopic (exact) mass is 478 g/mol. The molecule has 0 N–H and O–H groups in total. The summed E-state index contributed by atoms with van der Waals surface area (Å²) in [5.74, 6) is 0. The third-order valence-electron chi connectivity index (χ3n) is 6.01. The van der Waals surface area contributed by atoms with Gasteiger partial charge >= 0.3 is 6.09 Å². The van der Waals surface area contributed by atoms with Crippen molar-refractivity contribution in [3.63, 3.8) is 0 Å². The van der Waals surface area contributed by atoms with Gasteiger partial charge in [-0.15, -0.1) is 0 Å². The van der Waals surface area contributed by atoms with E-state index in [9.17, 15) is 14.9 Å². The van der Waals surface area contributed by atoms with E-state index in [2.05, 4.69) is 33.9 Å². The number of amides is 1. The van der Waals surface area contributed by atoms with Crippen LogP contribution in [-0.2, 0) is 13.9 Å². The van der Waals surface area contributed by atoms with E-state index >= 15 is 0 Å². The van der Waals surface area contributed by atoms with Crippen LogP contribution in [0.4, 0.5) is 10.5 Å². The molecule has 8 nitrogen and oxygen atoms in total. The fraction of sp³-hybridized carbons (Fsp3) is 0.625. The van der Waals surface area contributed by atoms with Crippen molar-refractivity contribution in [2.45, 2.75) is 77.4 Å². The molecule has 1 aromatic carbocycles. The van der Waals surface area contributed by atoms with Crippen LogP contribution in [0.1, 0.15) is 47.1 Å².